The van der Waals surface area contributed by atoms with E-state index in [0.29, 0.717) is 21.7 Å². The molecule has 9 heteroatoms. The topological polar surface area (TPSA) is 75.7 Å². The van der Waals surface area contributed by atoms with E-state index >= 15 is 0 Å². The van der Waals surface area contributed by atoms with E-state index in [2.05, 4.69) is 62.6 Å². The number of nitrogens with one attached hydrogen (secondary N) is 1. The van der Waals surface area contributed by atoms with Gasteiger partial charge < -0.3 is 0 Å². The number of hydrogen-bond acceptors (Lipinski definition) is 4. The first kappa shape index (κ1) is 30.5. The van der Waals surface area contributed by atoms with Crippen LogP contribution in [0.3, 0.4) is 0 Å². The molecular formula is C30H35ClF3N3O2. The van der Waals surface area contributed by atoms with E-state index < -0.39 is 23.1 Å². The summed E-state index contributed by atoms with van der Waals surface area (Å²) in [5, 5.41) is 0.292. The maximum Gasteiger partial charge on any atom is 0.400 e. The maximum absolute atomic E-state index is 13.3. The normalized spacial score (nSPS) is 13.0. The maximum atomic E-state index is 13.3. The Kier molecular flexibility index (Phi) is 8.24. The van der Waals surface area contributed by atoms with Crippen molar-refractivity contribution in [2.24, 2.45) is 5.41 Å². The van der Waals surface area contributed by atoms with E-state index in [9.17, 15) is 22.8 Å². The van der Waals surface area contributed by atoms with Gasteiger partial charge in [0.15, 0.2) is 5.82 Å². The van der Waals surface area contributed by atoms with Crippen molar-refractivity contribution >= 4 is 17.4 Å². The molecule has 3 aromatic rings. The first-order valence-corrected chi connectivity index (χ1v) is 13.1. The second-order valence-electron chi connectivity index (χ2n) is 12.5. The van der Waals surface area contributed by atoms with Crippen molar-refractivity contribution < 1.29 is 18.0 Å². The molecule has 2 aromatic carbocycles. The number of aryl methyl sites for hydroxylation is 1. The van der Waals surface area contributed by atoms with Gasteiger partial charge in [-0.3, -0.25) is 9.78 Å². The molecule has 0 bridgehead atoms. The van der Waals surface area contributed by atoms with Crippen molar-refractivity contribution in [1.82, 2.24) is 15.0 Å². The summed E-state index contributed by atoms with van der Waals surface area (Å²) < 4.78 is 39.8. The molecule has 3 rings (SSSR count). The lowest BCUT2D eigenvalue weighted by Crippen LogP contribution is -2.39. The Morgan fingerprint density at radius 2 is 1.44 bits per heavy atom. The van der Waals surface area contributed by atoms with Gasteiger partial charge in [-0.25, -0.2) is 9.78 Å². The molecule has 39 heavy (non-hydrogen) atoms. The number of halogens is 4. The van der Waals surface area contributed by atoms with Gasteiger partial charge in [-0.1, -0.05) is 65.3 Å². The average Bonchev–Trinajstić information content (AvgIpc) is 2.80. The minimum atomic E-state index is -4.64. The summed E-state index contributed by atoms with van der Waals surface area (Å²) in [7, 11) is 0. The van der Waals surface area contributed by atoms with Gasteiger partial charge in [-0.05, 0) is 72.1 Å². The zero-order valence-electron chi connectivity index (χ0n) is 23.6. The Labute approximate surface area is 232 Å². The summed E-state index contributed by atoms with van der Waals surface area (Å²) in [6.45, 7) is 14.4. The zero-order chi connectivity index (χ0) is 29.6. The van der Waals surface area contributed by atoms with Crippen molar-refractivity contribution in [3.8, 4) is 22.8 Å². The summed E-state index contributed by atoms with van der Waals surface area (Å²) in [5.41, 5.74) is 0.438. The molecule has 0 radical (unpaired) electrons. The molecule has 0 fully saturated rings. The third-order valence-electron chi connectivity index (χ3n) is 6.91. The molecule has 0 atom stereocenters. The molecule has 0 aliphatic heterocycles. The number of carbonyl (C=O) groups is 1. The highest BCUT2D eigenvalue weighted by molar-refractivity contribution is 6.33. The van der Waals surface area contributed by atoms with Gasteiger partial charge in [0.1, 0.15) is 17.0 Å². The summed E-state index contributed by atoms with van der Waals surface area (Å²) in [6, 6.07) is 10.9. The van der Waals surface area contributed by atoms with Crippen LogP contribution in [0.1, 0.15) is 78.5 Å². The van der Waals surface area contributed by atoms with Crippen LogP contribution in [0.2, 0.25) is 5.02 Å². The highest BCUT2D eigenvalue weighted by Gasteiger charge is 2.51. The van der Waals surface area contributed by atoms with Crippen LogP contribution in [0.15, 0.2) is 41.2 Å². The number of carbonyl (C=O) groups excluding carboxylic acids is 1. The van der Waals surface area contributed by atoms with E-state index in [1.54, 1.807) is 18.2 Å². The van der Waals surface area contributed by atoms with E-state index in [4.69, 9.17) is 11.6 Å². The minimum absolute atomic E-state index is 0.0766. The lowest BCUT2D eigenvalue weighted by Gasteiger charge is -2.26. The molecular weight excluding hydrogens is 527 g/mol. The monoisotopic (exact) mass is 561 g/mol. The molecule has 0 saturated heterocycles. The van der Waals surface area contributed by atoms with Gasteiger partial charge in [0.25, 0.3) is 0 Å². The third kappa shape index (κ3) is 6.96. The standard InChI is InChI=1S/C30H35ClF3N3O2/c1-27(2,3)19-14-18(15-20(16-19)28(4,5)6)24-35-25(37-26(39)36-24)21-13-17(9-11-22(21)31)10-12-23(38)29(7,8)30(32,33)34/h9,11,13-16H,10,12H2,1-8H3,(H,35,36,37,39). The summed E-state index contributed by atoms with van der Waals surface area (Å²) in [5.74, 6) is -0.496. The second-order valence-corrected chi connectivity index (χ2v) is 12.9. The second kappa shape index (κ2) is 10.5. The number of aromatic amines is 1. The molecule has 1 N–H and O–H groups in total. The van der Waals surface area contributed by atoms with Crippen LogP contribution < -0.4 is 5.69 Å². The van der Waals surface area contributed by atoms with E-state index in [1.165, 1.54) is 0 Å². The first-order valence-electron chi connectivity index (χ1n) is 12.7. The lowest BCUT2D eigenvalue weighted by molar-refractivity contribution is -0.210. The van der Waals surface area contributed by atoms with Crippen molar-refractivity contribution in [3.63, 3.8) is 0 Å². The highest BCUT2D eigenvalue weighted by atomic mass is 35.5. The number of ketones is 1. The molecule has 0 saturated carbocycles. The summed E-state index contributed by atoms with van der Waals surface area (Å²) in [4.78, 5) is 36.3. The predicted octanol–water partition coefficient (Wildman–Crippen LogP) is 7.84. The molecule has 210 valence electrons. The van der Waals surface area contributed by atoms with Gasteiger partial charge in [-0.2, -0.15) is 18.2 Å². The Balaban J connectivity index is 2.04. The van der Waals surface area contributed by atoms with Gasteiger partial charge in [0.05, 0.1) is 5.02 Å². The SMILES string of the molecule is CC(C)(C)c1cc(-c2nc(-c3cc(CCC(=O)C(C)(C)C(F)(F)F)ccc3Cl)[nH]c(=O)n2)cc(C(C)(C)C)c1. The molecule has 1 aromatic heterocycles. The third-order valence-corrected chi connectivity index (χ3v) is 7.24. The van der Waals surface area contributed by atoms with Crippen LogP contribution in [0.5, 0.6) is 0 Å². The van der Waals surface area contributed by atoms with Gasteiger partial charge >= 0.3 is 11.9 Å². The number of H-pyrrole nitrogens is 1. The molecule has 0 aliphatic rings. The largest absolute Gasteiger partial charge is 0.400 e. The fourth-order valence-electron chi connectivity index (χ4n) is 3.90. The highest BCUT2D eigenvalue weighted by Crippen LogP contribution is 2.39. The molecule has 0 aliphatic carbocycles. The Morgan fingerprint density at radius 1 is 0.872 bits per heavy atom. The van der Waals surface area contributed by atoms with Gasteiger partial charge in [0, 0.05) is 17.5 Å². The van der Waals surface area contributed by atoms with Crippen molar-refractivity contribution in [1.29, 1.82) is 0 Å². The molecule has 5 nitrogen and oxygen atoms in total. The first-order chi connectivity index (χ1) is 17.7. The van der Waals surface area contributed by atoms with Gasteiger partial charge in [0.2, 0.25) is 0 Å². The lowest BCUT2D eigenvalue weighted by atomic mass is 9.79. The van der Waals surface area contributed by atoms with E-state index in [-0.39, 0.29) is 35.3 Å². The van der Waals surface area contributed by atoms with Gasteiger partial charge in [-0.15, -0.1) is 0 Å². The van der Waals surface area contributed by atoms with Crippen LogP contribution in [0.25, 0.3) is 22.8 Å². The number of alkyl halides is 3. The van der Waals surface area contributed by atoms with Crippen LogP contribution in [-0.2, 0) is 22.0 Å². The van der Waals surface area contributed by atoms with Crippen molar-refractivity contribution in [3.05, 3.63) is 68.6 Å². The predicted molar refractivity (Wildman–Crippen MR) is 149 cm³/mol. The van der Waals surface area contributed by atoms with Crippen LogP contribution in [0.4, 0.5) is 13.2 Å². The minimum Gasteiger partial charge on any atom is -0.299 e. The zero-order valence-corrected chi connectivity index (χ0v) is 24.4. The number of nitrogens with zero attached hydrogens (tertiary/aromatic N) is 2. The number of benzene rings is 2. The smallest absolute Gasteiger partial charge is 0.299 e. The fourth-order valence-corrected chi connectivity index (χ4v) is 4.11. The van der Waals surface area contributed by atoms with Crippen molar-refractivity contribution in [2.75, 3.05) is 0 Å². The Bertz CT molecular complexity index is 1410. The quantitative estimate of drug-likeness (QED) is 0.332. The number of hydrogen-bond donors (Lipinski definition) is 1. The van der Waals surface area contributed by atoms with E-state index in [0.717, 1.165) is 25.0 Å². The summed E-state index contributed by atoms with van der Waals surface area (Å²) >= 11 is 6.45. The van der Waals surface area contributed by atoms with Crippen LogP contribution >= 0.6 is 11.6 Å². The number of Topliss-reactive ketones (excluding diaryl/α,β-unsaturated/α-hetero) is 1. The Morgan fingerprint density at radius 3 is 1.95 bits per heavy atom. The van der Waals surface area contributed by atoms with Crippen LogP contribution in [0, 0.1) is 5.41 Å². The molecule has 0 spiro atoms. The molecule has 1 heterocycles. The fraction of sp³-hybridized carbons (Fsp3) is 0.467. The van der Waals surface area contributed by atoms with Crippen LogP contribution in [-0.4, -0.2) is 26.9 Å². The summed E-state index contributed by atoms with van der Waals surface area (Å²) in [6.07, 6.45) is -4.86. The molecule has 0 amide bonds. The van der Waals surface area contributed by atoms with Crippen molar-refractivity contribution in [2.45, 2.75) is 85.2 Å². The number of rotatable bonds is 6. The number of aromatic nitrogens is 3. The average molecular weight is 562 g/mol. The molecule has 0 unspecified atom stereocenters. The Hall–Kier alpha value is -3.00. The van der Waals surface area contributed by atoms with E-state index in [1.807, 2.05) is 12.1 Å².